The molecule has 0 aromatic rings. The fourth-order valence-electron chi connectivity index (χ4n) is 2.14. The van der Waals surface area contributed by atoms with Gasteiger partial charge in [0.1, 0.15) is 0 Å². The summed E-state index contributed by atoms with van der Waals surface area (Å²) in [5.74, 6) is 1.45. The molecule has 0 radical (unpaired) electrons. The predicted molar refractivity (Wildman–Crippen MR) is 70.9 cm³/mol. The number of rotatable bonds is 7. The van der Waals surface area contributed by atoms with Gasteiger partial charge in [0, 0.05) is 0 Å². The van der Waals surface area contributed by atoms with Gasteiger partial charge in [-0.15, -0.1) is 0 Å². The van der Waals surface area contributed by atoms with Crippen molar-refractivity contribution in [3.05, 3.63) is 36.5 Å². The van der Waals surface area contributed by atoms with Crippen molar-refractivity contribution in [2.75, 3.05) is 0 Å². The molecule has 0 rings (SSSR count). The molecule has 0 aliphatic carbocycles. The topological polar surface area (TPSA) is 0 Å². The maximum Gasteiger partial charge on any atom is -0.0162 e. The van der Waals surface area contributed by atoms with E-state index >= 15 is 0 Å². The first-order valence-corrected chi connectivity index (χ1v) is 6.16. The highest BCUT2D eigenvalue weighted by atomic mass is 14.2. The fraction of sp³-hybridized carbons (Fsp3) is 0.600. The molecule has 0 aromatic carbocycles. The summed E-state index contributed by atoms with van der Waals surface area (Å²) < 4.78 is 0. The fourth-order valence-corrected chi connectivity index (χ4v) is 2.14. The third-order valence-corrected chi connectivity index (χ3v) is 3.09. The lowest BCUT2D eigenvalue weighted by atomic mass is 9.82. The second-order valence-corrected chi connectivity index (χ2v) is 4.15. The molecule has 0 N–H and O–H groups in total. The highest BCUT2D eigenvalue weighted by molar-refractivity contribution is 5.25. The van der Waals surface area contributed by atoms with Crippen LogP contribution in [0.3, 0.4) is 0 Å². The molecule has 86 valence electrons. The Bertz CT molecular complexity index is 220. The maximum atomic E-state index is 3.79. The van der Waals surface area contributed by atoms with E-state index in [0.717, 1.165) is 5.92 Å². The molecular weight excluding hydrogens is 180 g/mol. The van der Waals surface area contributed by atoms with E-state index < -0.39 is 0 Å². The lowest BCUT2D eigenvalue weighted by Gasteiger charge is -2.23. The van der Waals surface area contributed by atoms with Crippen molar-refractivity contribution >= 4 is 0 Å². The minimum atomic E-state index is 0.643. The lowest BCUT2D eigenvalue weighted by Crippen LogP contribution is -2.12. The van der Waals surface area contributed by atoms with Crippen LogP contribution in [0.5, 0.6) is 0 Å². The molecule has 2 unspecified atom stereocenters. The van der Waals surface area contributed by atoms with Gasteiger partial charge in [0.05, 0.1) is 0 Å². The molecular formula is C15H26. The molecule has 0 fully saturated rings. The summed E-state index contributed by atoms with van der Waals surface area (Å²) >= 11 is 0. The van der Waals surface area contributed by atoms with Crippen LogP contribution in [-0.4, -0.2) is 0 Å². The molecule has 0 heterocycles. The quantitative estimate of drug-likeness (QED) is 0.506. The van der Waals surface area contributed by atoms with Crippen LogP contribution in [0.4, 0.5) is 0 Å². The highest BCUT2D eigenvalue weighted by Gasteiger charge is 2.16. The second kappa shape index (κ2) is 8.52. The zero-order chi connectivity index (χ0) is 11.7. The van der Waals surface area contributed by atoms with Crippen LogP contribution in [0.15, 0.2) is 36.5 Å². The van der Waals surface area contributed by atoms with Crippen molar-refractivity contribution in [1.82, 2.24) is 0 Å². The Morgan fingerprint density at radius 2 is 2.00 bits per heavy atom. The summed E-state index contributed by atoms with van der Waals surface area (Å²) in [6, 6.07) is 0. The van der Waals surface area contributed by atoms with Crippen LogP contribution in [0.2, 0.25) is 0 Å². The SMILES string of the molecule is C=C/C=C(\C=C/C)C(C)C(CC)CCC. The largest absolute Gasteiger partial charge is 0.0991 e. The summed E-state index contributed by atoms with van der Waals surface area (Å²) in [5.41, 5.74) is 1.41. The van der Waals surface area contributed by atoms with E-state index in [1.165, 1.54) is 24.8 Å². The Kier molecular flexibility index (Phi) is 8.08. The van der Waals surface area contributed by atoms with Gasteiger partial charge in [-0.2, -0.15) is 0 Å². The molecule has 0 saturated heterocycles. The van der Waals surface area contributed by atoms with E-state index in [9.17, 15) is 0 Å². The van der Waals surface area contributed by atoms with Gasteiger partial charge in [0.25, 0.3) is 0 Å². The van der Waals surface area contributed by atoms with Crippen LogP contribution >= 0.6 is 0 Å². The Morgan fingerprint density at radius 3 is 2.40 bits per heavy atom. The molecule has 2 atom stereocenters. The van der Waals surface area contributed by atoms with Gasteiger partial charge >= 0.3 is 0 Å². The first-order chi connectivity index (χ1) is 7.21. The van der Waals surface area contributed by atoms with E-state index in [0.29, 0.717) is 5.92 Å². The molecule has 0 saturated carbocycles. The summed E-state index contributed by atoms with van der Waals surface area (Å²) in [7, 11) is 0. The van der Waals surface area contributed by atoms with E-state index in [-0.39, 0.29) is 0 Å². The standard InChI is InChI=1S/C15H26/c1-6-10-14(9-4)13(5)15(11-7-2)12-8-3/h7-8,11-14H,2,6,9-10H2,1,3-5H3/b12-8-,15-11+. The molecule has 0 aromatic heterocycles. The van der Waals surface area contributed by atoms with Crippen LogP contribution in [0, 0.1) is 11.8 Å². The number of hydrogen-bond acceptors (Lipinski definition) is 0. The molecule has 0 heteroatoms. The van der Waals surface area contributed by atoms with Crippen LogP contribution in [-0.2, 0) is 0 Å². The van der Waals surface area contributed by atoms with Crippen LogP contribution < -0.4 is 0 Å². The molecule has 0 nitrogen and oxygen atoms in total. The monoisotopic (exact) mass is 206 g/mol. The van der Waals surface area contributed by atoms with Gasteiger partial charge in [-0.25, -0.2) is 0 Å². The van der Waals surface area contributed by atoms with Crippen molar-refractivity contribution < 1.29 is 0 Å². The molecule has 0 aliphatic rings. The van der Waals surface area contributed by atoms with Crippen LogP contribution in [0.25, 0.3) is 0 Å². The average Bonchev–Trinajstić information content (AvgIpc) is 2.24. The Balaban J connectivity index is 4.65. The first-order valence-electron chi connectivity index (χ1n) is 6.16. The van der Waals surface area contributed by atoms with Crippen molar-refractivity contribution in [3.63, 3.8) is 0 Å². The van der Waals surface area contributed by atoms with Crippen molar-refractivity contribution in [2.45, 2.75) is 47.0 Å². The van der Waals surface area contributed by atoms with E-state index in [4.69, 9.17) is 0 Å². The molecule has 0 spiro atoms. The average molecular weight is 206 g/mol. The minimum absolute atomic E-state index is 0.643. The first kappa shape index (κ1) is 14.2. The number of hydrogen-bond donors (Lipinski definition) is 0. The van der Waals surface area contributed by atoms with Gasteiger partial charge in [0.2, 0.25) is 0 Å². The molecule has 0 bridgehead atoms. The van der Waals surface area contributed by atoms with E-state index in [1.807, 2.05) is 6.08 Å². The van der Waals surface area contributed by atoms with E-state index in [1.54, 1.807) is 0 Å². The molecule has 15 heavy (non-hydrogen) atoms. The van der Waals surface area contributed by atoms with Gasteiger partial charge in [0.15, 0.2) is 0 Å². The Hall–Kier alpha value is -0.780. The summed E-state index contributed by atoms with van der Waals surface area (Å²) in [5, 5.41) is 0. The third kappa shape index (κ3) is 5.01. The highest BCUT2D eigenvalue weighted by Crippen LogP contribution is 2.28. The zero-order valence-corrected chi connectivity index (χ0v) is 10.8. The van der Waals surface area contributed by atoms with Gasteiger partial charge in [-0.3, -0.25) is 0 Å². The maximum absolute atomic E-state index is 3.79. The molecule has 0 amide bonds. The van der Waals surface area contributed by atoms with E-state index in [2.05, 4.69) is 52.5 Å². The van der Waals surface area contributed by atoms with Crippen molar-refractivity contribution in [2.24, 2.45) is 11.8 Å². The second-order valence-electron chi connectivity index (χ2n) is 4.15. The predicted octanol–water partition coefficient (Wildman–Crippen LogP) is 5.14. The Labute approximate surface area is 95.8 Å². The van der Waals surface area contributed by atoms with Crippen molar-refractivity contribution in [1.29, 1.82) is 0 Å². The summed E-state index contributed by atoms with van der Waals surface area (Å²) in [6.45, 7) is 12.7. The van der Waals surface area contributed by atoms with Crippen molar-refractivity contribution in [3.8, 4) is 0 Å². The van der Waals surface area contributed by atoms with Crippen LogP contribution in [0.1, 0.15) is 47.0 Å². The van der Waals surface area contributed by atoms with Gasteiger partial charge < -0.3 is 0 Å². The minimum Gasteiger partial charge on any atom is -0.0991 e. The Morgan fingerprint density at radius 1 is 1.33 bits per heavy atom. The van der Waals surface area contributed by atoms with Gasteiger partial charge in [-0.05, 0) is 24.3 Å². The normalized spacial score (nSPS) is 16.7. The zero-order valence-electron chi connectivity index (χ0n) is 10.8. The summed E-state index contributed by atoms with van der Waals surface area (Å²) in [4.78, 5) is 0. The lowest BCUT2D eigenvalue weighted by molar-refractivity contribution is 0.366. The summed E-state index contributed by atoms with van der Waals surface area (Å²) in [6.07, 6.45) is 12.2. The number of allylic oxidation sites excluding steroid dienone is 5. The molecule has 0 aliphatic heterocycles. The van der Waals surface area contributed by atoms with Gasteiger partial charge in [-0.1, -0.05) is 70.9 Å². The third-order valence-electron chi connectivity index (χ3n) is 3.09. The smallest absolute Gasteiger partial charge is 0.0162 e.